The van der Waals surface area contributed by atoms with Gasteiger partial charge in [0.1, 0.15) is 17.9 Å². The van der Waals surface area contributed by atoms with E-state index in [-0.39, 0.29) is 11.3 Å². The van der Waals surface area contributed by atoms with Crippen molar-refractivity contribution < 1.29 is 18.7 Å². The number of halogens is 1. The second-order valence-corrected chi connectivity index (χ2v) is 3.92. The Balaban J connectivity index is 2.37. The second kappa shape index (κ2) is 5.85. The molecule has 0 saturated carbocycles. The molecule has 5 heteroatoms. The Morgan fingerprint density at radius 3 is 2.65 bits per heavy atom. The number of carbonyl (C=O) groups is 1. The Kier molecular flexibility index (Phi) is 3.96. The van der Waals surface area contributed by atoms with Crippen LogP contribution in [0.4, 0.5) is 4.39 Å². The van der Waals surface area contributed by atoms with Gasteiger partial charge in [-0.05, 0) is 24.3 Å². The quantitative estimate of drug-likeness (QED) is 0.800. The van der Waals surface area contributed by atoms with Crippen LogP contribution in [0.5, 0.6) is 17.2 Å². The number of rotatable bonds is 4. The summed E-state index contributed by atoms with van der Waals surface area (Å²) in [6.07, 6.45) is 0.534. The third kappa shape index (κ3) is 2.93. The first-order valence-electron chi connectivity index (χ1n) is 5.68. The van der Waals surface area contributed by atoms with E-state index in [9.17, 15) is 9.18 Å². The zero-order valence-corrected chi connectivity index (χ0v) is 10.6. The van der Waals surface area contributed by atoms with Gasteiger partial charge in [-0.3, -0.25) is 4.79 Å². The van der Waals surface area contributed by atoms with Crippen LogP contribution < -0.4 is 9.47 Å². The monoisotopic (exact) mass is 271 g/mol. The van der Waals surface area contributed by atoms with Crippen LogP contribution in [0.2, 0.25) is 0 Å². The molecular formula is C15H10FNO3. The fourth-order valence-electron chi connectivity index (χ4n) is 1.66. The van der Waals surface area contributed by atoms with Crippen LogP contribution in [0.3, 0.4) is 0 Å². The normalized spacial score (nSPS) is 9.65. The van der Waals surface area contributed by atoms with E-state index >= 15 is 0 Å². The molecule has 0 radical (unpaired) electrons. The molecule has 0 fully saturated rings. The molecular weight excluding hydrogens is 261 g/mol. The minimum atomic E-state index is -0.572. The Morgan fingerprint density at radius 1 is 1.20 bits per heavy atom. The second-order valence-electron chi connectivity index (χ2n) is 3.92. The van der Waals surface area contributed by atoms with Gasteiger partial charge in [0.05, 0.1) is 18.7 Å². The SMILES string of the molecule is COc1cc(C#N)ccc1Oc1cc(F)cc(C=O)c1. The van der Waals surface area contributed by atoms with Crippen molar-refractivity contribution in [3.8, 4) is 23.3 Å². The number of nitriles is 1. The van der Waals surface area contributed by atoms with Crippen LogP contribution in [-0.2, 0) is 0 Å². The van der Waals surface area contributed by atoms with Crippen molar-refractivity contribution in [2.24, 2.45) is 0 Å². The zero-order chi connectivity index (χ0) is 14.5. The summed E-state index contributed by atoms with van der Waals surface area (Å²) >= 11 is 0. The molecule has 4 nitrogen and oxygen atoms in total. The molecule has 0 heterocycles. The van der Waals surface area contributed by atoms with Gasteiger partial charge in [0.25, 0.3) is 0 Å². The highest BCUT2D eigenvalue weighted by Gasteiger charge is 2.08. The molecule has 0 saturated heterocycles. The van der Waals surface area contributed by atoms with Gasteiger partial charge >= 0.3 is 0 Å². The number of carbonyl (C=O) groups excluding carboxylic acids is 1. The largest absolute Gasteiger partial charge is 0.493 e. The molecule has 2 aromatic carbocycles. The molecule has 0 atom stereocenters. The number of hydrogen-bond donors (Lipinski definition) is 0. The molecule has 0 aromatic heterocycles. The third-order valence-electron chi connectivity index (χ3n) is 2.55. The van der Waals surface area contributed by atoms with Crippen molar-refractivity contribution in [1.29, 1.82) is 5.26 Å². The smallest absolute Gasteiger partial charge is 0.169 e. The van der Waals surface area contributed by atoms with Gasteiger partial charge in [-0.2, -0.15) is 5.26 Å². The van der Waals surface area contributed by atoms with Crippen LogP contribution >= 0.6 is 0 Å². The molecule has 0 aliphatic carbocycles. The molecule has 0 bridgehead atoms. The van der Waals surface area contributed by atoms with Gasteiger partial charge in [-0.1, -0.05) is 0 Å². The number of ether oxygens (including phenoxy) is 2. The number of hydrogen-bond acceptors (Lipinski definition) is 4. The van der Waals surface area contributed by atoms with Crippen molar-refractivity contribution in [2.45, 2.75) is 0 Å². The standard InChI is InChI=1S/C15H10FNO3/c1-19-15-6-10(8-17)2-3-14(15)20-13-5-11(9-18)4-12(16)7-13/h2-7,9H,1H3. The van der Waals surface area contributed by atoms with E-state index in [4.69, 9.17) is 14.7 Å². The van der Waals surface area contributed by atoms with Crippen molar-refractivity contribution >= 4 is 6.29 Å². The van der Waals surface area contributed by atoms with Crippen LogP contribution in [0, 0.1) is 17.1 Å². The summed E-state index contributed by atoms with van der Waals surface area (Å²) < 4.78 is 23.9. The van der Waals surface area contributed by atoms with Gasteiger partial charge in [0.15, 0.2) is 11.5 Å². The van der Waals surface area contributed by atoms with E-state index in [0.717, 1.165) is 12.1 Å². The molecule has 2 rings (SSSR count). The lowest BCUT2D eigenvalue weighted by molar-refractivity contribution is 0.112. The topological polar surface area (TPSA) is 59.3 Å². The third-order valence-corrected chi connectivity index (χ3v) is 2.55. The predicted molar refractivity (Wildman–Crippen MR) is 69.6 cm³/mol. The molecule has 0 amide bonds. The first-order chi connectivity index (χ1) is 9.66. The predicted octanol–water partition coefficient (Wildman–Crippen LogP) is 3.31. The van der Waals surface area contributed by atoms with Crippen molar-refractivity contribution in [3.63, 3.8) is 0 Å². The lowest BCUT2D eigenvalue weighted by Gasteiger charge is -2.10. The maximum atomic E-state index is 13.3. The number of methoxy groups -OCH3 is 1. The summed E-state index contributed by atoms with van der Waals surface area (Å²) in [6.45, 7) is 0. The van der Waals surface area contributed by atoms with Crippen molar-refractivity contribution in [1.82, 2.24) is 0 Å². The lowest BCUT2D eigenvalue weighted by atomic mass is 10.2. The van der Waals surface area contributed by atoms with Crippen molar-refractivity contribution in [3.05, 3.63) is 53.3 Å². The molecule has 2 aromatic rings. The van der Waals surface area contributed by atoms with E-state index < -0.39 is 5.82 Å². The average Bonchev–Trinajstić information content (AvgIpc) is 2.47. The number of benzene rings is 2. The first-order valence-corrected chi connectivity index (χ1v) is 5.68. The fraction of sp³-hybridized carbons (Fsp3) is 0.0667. The number of nitrogens with zero attached hydrogens (tertiary/aromatic N) is 1. The van der Waals surface area contributed by atoms with Crippen LogP contribution in [0.15, 0.2) is 36.4 Å². The first kappa shape index (κ1) is 13.6. The molecule has 0 N–H and O–H groups in total. The van der Waals surface area contributed by atoms with E-state index in [1.807, 2.05) is 6.07 Å². The van der Waals surface area contributed by atoms with Gasteiger partial charge in [0.2, 0.25) is 0 Å². The maximum Gasteiger partial charge on any atom is 0.169 e. The minimum absolute atomic E-state index is 0.174. The molecule has 20 heavy (non-hydrogen) atoms. The molecule has 0 aliphatic rings. The Bertz CT molecular complexity index is 692. The summed E-state index contributed by atoms with van der Waals surface area (Å²) in [7, 11) is 1.44. The van der Waals surface area contributed by atoms with E-state index in [0.29, 0.717) is 23.3 Å². The summed E-state index contributed by atoms with van der Waals surface area (Å²) in [5.41, 5.74) is 0.592. The molecule has 100 valence electrons. The summed E-state index contributed by atoms with van der Waals surface area (Å²) in [6, 6.07) is 10.3. The Hall–Kier alpha value is -2.87. The van der Waals surface area contributed by atoms with Crippen LogP contribution in [0.1, 0.15) is 15.9 Å². The van der Waals surface area contributed by atoms with E-state index in [1.165, 1.54) is 19.2 Å². The maximum absolute atomic E-state index is 13.3. The lowest BCUT2D eigenvalue weighted by Crippen LogP contribution is -1.93. The number of aldehydes is 1. The summed E-state index contributed by atoms with van der Waals surface area (Å²) in [5.74, 6) is 0.280. The van der Waals surface area contributed by atoms with Crippen LogP contribution in [0.25, 0.3) is 0 Å². The summed E-state index contributed by atoms with van der Waals surface area (Å²) in [4.78, 5) is 10.7. The Labute approximate surface area is 115 Å². The highest BCUT2D eigenvalue weighted by atomic mass is 19.1. The molecule has 0 unspecified atom stereocenters. The average molecular weight is 271 g/mol. The van der Waals surface area contributed by atoms with Gasteiger partial charge in [-0.15, -0.1) is 0 Å². The van der Waals surface area contributed by atoms with E-state index in [1.54, 1.807) is 12.1 Å². The highest BCUT2D eigenvalue weighted by Crippen LogP contribution is 2.32. The minimum Gasteiger partial charge on any atom is -0.493 e. The van der Waals surface area contributed by atoms with Crippen LogP contribution in [-0.4, -0.2) is 13.4 Å². The summed E-state index contributed by atoms with van der Waals surface area (Å²) in [5, 5.41) is 8.81. The molecule has 0 spiro atoms. The van der Waals surface area contributed by atoms with E-state index in [2.05, 4.69) is 0 Å². The van der Waals surface area contributed by atoms with Gasteiger partial charge in [-0.25, -0.2) is 4.39 Å². The Morgan fingerprint density at radius 2 is 2.00 bits per heavy atom. The fourth-order valence-corrected chi connectivity index (χ4v) is 1.66. The van der Waals surface area contributed by atoms with Crippen molar-refractivity contribution in [2.75, 3.05) is 7.11 Å². The highest BCUT2D eigenvalue weighted by molar-refractivity contribution is 5.75. The van der Waals surface area contributed by atoms with Gasteiger partial charge in [0, 0.05) is 17.7 Å². The molecule has 0 aliphatic heterocycles. The van der Waals surface area contributed by atoms with Gasteiger partial charge < -0.3 is 9.47 Å². The zero-order valence-electron chi connectivity index (χ0n) is 10.6.